The lowest BCUT2D eigenvalue weighted by molar-refractivity contribution is 0.340. The van der Waals surface area contributed by atoms with Crippen molar-refractivity contribution in [3.8, 4) is 11.8 Å². The van der Waals surface area contributed by atoms with Crippen molar-refractivity contribution >= 4 is 10.9 Å². The molecule has 0 aliphatic carbocycles. The van der Waals surface area contributed by atoms with Crippen LogP contribution in [-0.4, -0.2) is 11.2 Å². The average Bonchev–Trinajstić information content (AvgIpc) is 2.91. The maximum atomic E-state index is 9.18. The van der Waals surface area contributed by atoms with Gasteiger partial charge in [-0.2, -0.15) is 5.26 Å². The van der Waals surface area contributed by atoms with Crippen LogP contribution in [0.1, 0.15) is 18.1 Å². The monoisotopic (exact) mass is 276 g/mol. The Balaban J connectivity index is 1.96. The Kier molecular flexibility index (Phi) is 3.61. The molecule has 3 heteroatoms. The van der Waals surface area contributed by atoms with Crippen molar-refractivity contribution in [2.45, 2.75) is 13.5 Å². The van der Waals surface area contributed by atoms with Gasteiger partial charge in [0.1, 0.15) is 5.75 Å². The summed E-state index contributed by atoms with van der Waals surface area (Å²) < 4.78 is 7.68. The van der Waals surface area contributed by atoms with Crippen molar-refractivity contribution in [1.29, 1.82) is 5.26 Å². The number of fused-ring (bicyclic) bond motifs is 1. The first-order valence-electron chi connectivity index (χ1n) is 7.01. The molecule has 3 nitrogen and oxygen atoms in total. The van der Waals surface area contributed by atoms with Crippen molar-refractivity contribution in [1.82, 2.24) is 4.57 Å². The average molecular weight is 276 g/mol. The molecule has 3 rings (SSSR count). The van der Waals surface area contributed by atoms with Gasteiger partial charge >= 0.3 is 0 Å². The molecule has 0 amide bonds. The molecule has 0 aliphatic rings. The minimum Gasteiger partial charge on any atom is -0.494 e. The van der Waals surface area contributed by atoms with E-state index < -0.39 is 0 Å². The normalized spacial score (nSPS) is 10.5. The molecule has 0 aliphatic heterocycles. The van der Waals surface area contributed by atoms with Gasteiger partial charge in [0.05, 0.1) is 18.2 Å². The van der Waals surface area contributed by atoms with E-state index in [2.05, 4.69) is 29.0 Å². The van der Waals surface area contributed by atoms with Gasteiger partial charge in [0.2, 0.25) is 0 Å². The molecule has 0 atom stereocenters. The van der Waals surface area contributed by atoms with Crippen molar-refractivity contribution in [3.63, 3.8) is 0 Å². The molecule has 0 saturated heterocycles. The second kappa shape index (κ2) is 5.72. The molecule has 1 heterocycles. The van der Waals surface area contributed by atoms with Crippen molar-refractivity contribution < 1.29 is 4.74 Å². The molecular formula is C18H16N2O. The third-order valence-corrected chi connectivity index (χ3v) is 3.53. The van der Waals surface area contributed by atoms with Gasteiger partial charge in [-0.05, 0) is 42.8 Å². The number of hydrogen-bond acceptors (Lipinski definition) is 2. The van der Waals surface area contributed by atoms with Crippen LogP contribution >= 0.6 is 0 Å². The Morgan fingerprint density at radius 2 is 2.00 bits per heavy atom. The van der Waals surface area contributed by atoms with Crippen LogP contribution in [0.3, 0.4) is 0 Å². The molecule has 21 heavy (non-hydrogen) atoms. The highest BCUT2D eigenvalue weighted by Crippen LogP contribution is 2.23. The predicted octanol–water partition coefficient (Wildman–Crippen LogP) is 3.96. The Bertz CT molecular complexity index is 811. The lowest BCUT2D eigenvalue weighted by atomic mass is 10.1. The second-order valence-electron chi connectivity index (χ2n) is 4.87. The Morgan fingerprint density at radius 3 is 2.81 bits per heavy atom. The number of aromatic nitrogens is 1. The van der Waals surface area contributed by atoms with E-state index in [-0.39, 0.29) is 0 Å². The first-order chi connectivity index (χ1) is 10.3. The summed E-state index contributed by atoms with van der Waals surface area (Å²) in [5, 5.41) is 10.3. The summed E-state index contributed by atoms with van der Waals surface area (Å²) in [6.45, 7) is 3.34. The van der Waals surface area contributed by atoms with Gasteiger partial charge in [-0.15, -0.1) is 0 Å². The topological polar surface area (TPSA) is 38.0 Å². The van der Waals surface area contributed by atoms with Crippen LogP contribution in [0, 0.1) is 11.3 Å². The molecule has 0 saturated carbocycles. The van der Waals surface area contributed by atoms with Crippen molar-refractivity contribution in [3.05, 3.63) is 65.9 Å². The maximum absolute atomic E-state index is 9.18. The van der Waals surface area contributed by atoms with E-state index in [1.54, 1.807) is 0 Å². The van der Waals surface area contributed by atoms with Crippen LogP contribution in [0.15, 0.2) is 54.7 Å². The number of rotatable bonds is 4. The van der Waals surface area contributed by atoms with Gasteiger partial charge in [-0.3, -0.25) is 0 Å². The molecule has 0 unspecified atom stereocenters. The summed E-state index contributed by atoms with van der Waals surface area (Å²) in [5.74, 6) is 0.889. The molecule has 2 aromatic carbocycles. The summed E-state index contributed by atoms with van der Waals surface area (Å²) in [6, 6.07) is 18.1. The molecule has 0 radical (unpaired) electrons. The summed E-state index contributed by atoms with van der Waals surface area (Å²) >= 11 is 0. The quantitative estimate of drug-likeness (QED) is 0.723. The molecule has 3 aromatic rings. The summed E-state index contributed by atoms with van der Waals surface area (Å²) in [5.41, 5.74) is 2.91. The van der Waals surface area contributed by atoms with E-state index in [1.165, 1.54) is 0 Å². The van der Waals surface area contributed by atoms with Crippen LogP contribution in [0.5, 0.6) is 5.75 Å². The first-order valence-corrected chi connectivity index (χ1v) is 7.01. The fourth-order valence-corrected chi connectivity index (χ4v) is 2.52. The highest BCUT2D eigenvalue weighted by atomic mass is 16.5. The molecule has 0 N–H and O–H groups in total. The molecule has 0 bridgehead atoms. The molecule has 0 spiro atoms. The zero-order valence-electron chi connectivity index (χ0n) is 11.9. The van der Waals surface area contributed by atoms with E-state index in [9.17, 15) is 5.26 Å². The number of nitrogens with zero attached hydrogens (tertiary/aromatic N) is 2. The van der Waals surface area contributed by atoms with Gasteiger partial charge in [-0.25, -0.2) is 0 Å². The Morgan fingerprint density at radius 1 is 1.14 bits per heavy atom. The third kappa shape index (κ3) is 2.61. The van der Waals surface area contributed by atoms with Gasteiger partial charge < -0.3 is 9.30 Å². The largest absolute Gasteiger partial charge is 0.494 e. The number of nitriles is 1. The fourth-order valence-electron chi connectivity index (χ4n) is 2.52. The fraction of sp³-hybridized carbons (Fsp3) is 0.167. The first kappa shape index (κ1) is 13.3. The van der Waals surface area contributed by atoms with E-state index in [4.69, 9.17) is 4.74 Å². The maximum Gasteiger partial charge on any atom is 0.120 e. The van der Waals surface area contributed by atoms with Crippen LogP contribution in [0.2, 0.25) is 0 Å². The SMILES string of the molecule is CCOc1ccc2c(ccn2Cc2ccccc2C#N)c1. The van der Waals surface area contributed by atoms with Gasteiger partial charge in [-0.1, -0.05) is 18.2 Å². The summed E-state index contributed by atoms with van der Waals surface area (Å²) in [7, 11) is 0. The lowest BCUT2D eigenvalue weighted by Gasteiger charge is -2.08. The zero-order valence-corrected chi connectivity index (χ0v) is 11.9. The molecular weight excluding hydrogens is 260 g/mol. The van der Waals surface area contributed by atoms with Gasteiger partial charge in [0.15, 0.2) is 0 Å². The number of ether oxygens (including phenoxy) is 1. The smallest absolute Gasteiger partial charge is 0.120 e. The zero-order chi connectivity index (χ0) is 14.7. The van der Waals surface area contributed by atoms with Crippen LogP contribution in [0.4, 0.5) is 0 Å². The van der Waals surface area contributed by atoms with Crippen LogP contribution < -0.4 is 4.74 Å². The lowest BCUT2D eigenvalue weighted by Crippen LogP contribution is -2.00. The minimum atomic E-state index is 0.668. The summed E-state index contributed by atoms with van der Waals surface area (Å²) in [4.78, 5) is 0. The van der Waals surface area contributed by atoms with E-state index >= 15 is 0 Å². The van der Waals surface area contributed by atoms with Crippen LogP contribution in [-0.2, 0) is 6.54 Å². The van der Waals surface area contributed by atoms with Crippen molar-refractivity contribution in [2.24, 2.45) is 0 Å². The Hall–Kier alpha value is -2.73. The van der Waals surface area contributed by atoms with Gasteiger partial charge in [0, 0.05) is 23.6 Å². The number of benzene rings is 2. The molecule has 104 valence electrons. The predicted molar refractivity (Wildman–Crippen MR) is 83.4 cm³/mol. The Labute approximate surface area is 124 Å². The highest BCUT2D eigenvalue weighted by Gasteiger charge is 2.06. The summed E-state index contributed by atoms with van der Waals surface area (Å²) in [6.07, 6.45) is 2.05. The third-order valence-electron chi connectivity index (χ3n) is 3.53. The van der Waals surface area contributed by atoms with E-state index in [1.807, 2.05) is 43.3 Å². The van der Waals surface area contributed by atoms with E-state index in [0.29, 0.717) is 13.2 Å². The van der Waals surface area contributed by atoms with Crippen LogP contribution in [0.25, 0.3) is 10.9 Å². The van der Waals surface area contributed by atoms with Crippen molar-refractivity contribution in [2.75, 3.05) is 6.61 Å². The molecule has 0 fully saturated rings. The standard InChI is InChI=1S/C18H16N2O/c1-2-21-17-7-8-18-14(11-17)9-10-20(18)13-16-6-4-3-5-15(16)12-19/h3-11H,2,13H2,1H3. The molecule has 1 aromatic heterocycles. The minimum absolute atomic E-state index is 0.668. The number of hydrogen-bond donors (Lipinski definition) is 0. The highest BCUT2D eigenvalue weighted by molar-refractivity contribution is 5.81. The van der Waals surface area contributed by atoms with E-state index in [0.717, 1.165) is 27.8 Å². The van der Waals surface area contributed by atoms with Gasteiger partial charge in [0.25, 0.3) is 0 Å². The second-order valence-corrected chi connectivity index (χ2v) is 4.87.